The van der Waals surface area contributed by atoms with Crippen molar-refractivity contribution in [3.05, 3.63) is 79.4 Å². The van der Waals surface area contributed by atoms with E-state index in [-0.39, 0.29) is 16.9 Å². The highest BCUT2D eigenvalue weighted by Crippen LogP contribution is 2.22. The van der Waals surface area contributed by atoms with E-state index in [9.17, 15) is 30.3 Å². The lowest BCUT2D eigenvalue weighted by Gasteiger charge is -2.07. The number of nitrogens with one attached hydrogen (secondary N) is 1. The summed E-state index contributed by atoms with van der Waals surface area (Å²) in [5.74, 6) is -0.726. The molecule has 0 saturated carbocycles. The van der Waals surface area contributed by atoms with Crippen molar-refractivity contribution in [2.75, 3.05) is 5.32 Å². The molecule has 0 aliphatic carbocycles. The molecule has 0 aliphatic rings. The Hall–Kier alpha value is -4.06. The van der Waals surface area contributed by atoms with Crippen molar-refractivity contribution in [1.82, 2.24) is 0 Å². The van der Waals surface area contributed by atoms with Crippen LogP contribution in [0.4, 0.5) is 17.1 Å². The van der Waals surface area contributed by atoms with Gasteiger partial charge >= 0.3 is 0 Å². The molecule has 0 radical (unpaired) electrons. The van der Waals surface area contributed by atoms with Gasteiger partial charge in [0.05, 0.1) is 9.85 Å². The van der Waals surface area contributed by atoms with Crippen LogP contribution in [-0.4, -0.2) is 15.8 Å². The Bertz CT molecular complexity index is 975. The summed E-state index contributed by atoms with van der Waals surface area (Å²) < 4.78 is 0. The van der Waals surface area contributed by atoms with Crippen LogP contribution in [0.15, 0.2) is 48.0 Å². The molecule has 0 saturated heterocycles. The van der Waals surface area contributed by atoms with Crippen molar-refractivity contribution in [3.63, 3.8) is 0 Å². The first-order valence-electron chi connectivity index (χ1n) is 7.24. The molecule has 0 heterocycles. The first kappa shape index (κ1) is 18.3. The van der Waals surface area contributed by atoms with E-state index in [1.807, 2.05) is 0 Å². The van der Waals surface area contributed by atoms with Crippen LogP contribution in [0.1, 0.15) is 11.1 Å². The number of nitrogens with zero attached hydrogens (tertiary/aromatic N) is 3. The summed E-state index contributed by atoms with van der Waals surface area (Å²) in [6, 6.07) is 11.1. The molecule has 0 unspecified atom stereocenters. The van der Waals surface area contributed by atoms with Crippen LogP contribution < -0.4 is 5.32 Å². The van der Waals surface area contributed by atoms with E-state index in [4.69, 9.17) is 0 Å². The lowest BCUT2D eigenvalue weighted by atomic mass is 10.1. The molecule has 0 spiro atoms. The van der Waals surface area contributed by atoms with Crippen molar-refractivity contribution in [2.24, 2.45) is 0 Å². The number of nitriles is 1. The minimum Gasteiger partial charge on any atom is -0.321 e. The van der Waals surface area contributed by atoms with Gasteiger partial charge in [-0.25, -0.2) is 0 Å². The van der Waals surface area contributed by atoms with Gasteiger partial charge in [0.25, 0.3) is 17.3 Å². The quantitative estimate of drug-likeness (QED) is 0.379. The zero-order chi connectivity index (χ0) is 19.3. The zero-order valence-electron chi connectivity index (χ0n) is 13.5. The fourth-order valence-electron chi connectivity index (χ4n) is 2.13. The van der Waals surface area contributed by atoms with Gasteiger partial charge < -0.3 is 5.32 Å². The van der Waals surface area contributed by atoms with Crippen LogP contribution >= 0.6 is 0 Å². The Balaban J connectivity index is 2.27. The third kappa shape index (κ3) is 4.27. The number of amides is 1. The number of rotatable bonds is 5. The first-order chi connectivity index (χ1) is 12.3. The summed E-state index contributed by atoms with van der Waals surface area (Å²) in [4.78, 5) is 32.7. The number of carbonyl (C=O) groups is 1. The minimum absolute atomic E-state index is 0.117. The Morgan fingerprint density at radius 3 is 2.35 bits per heavy atom. The van der Waals surface area contributed by atoms with Gasteiger partial charge in [0, 0.05) is 30.0 Å². The number of hydrogen-bond donors (Lipinski definition) is 1. The highest BCUT2D eigenvalue weighted by atomic mass is 16.6. The van der Waals surface area contributed by atoms with Crippen molar-refractivity contribution < 1.29 is 14.6 Å². The molecule has 9 heteroatoms. The second-order valence-electron chi connectivity index (χ2n) is 5.23. The van der Waals surface area contributed by atoms with Gasteiger partial charge in [-0.2, -0.15) is 5.26 Å². The van der Waals surface area contributed by atoms with Crippen molar-refractivity contribution in [1.29, 1.82) is 5.26 Å². The van der Waals surface area contributed by atoms with E-state index < -0.39 is 15.8 Å². The maximum absolute atomic E-state index is 12.3. The van der Waals surface area contributed by atoms with Crippen LogP contribution in [0.5, 0.6) is 0 Å². The molecule has 0 bridgehead atoms. The number of nitro groups is 2. The smallest absolute Gasteiger partial charge is 0.270 e. The van der Waals surface area contributed by atoms with Gasteiger partial charge in [-0.3, -0.25) is 25.0 Å². The number of aryl methyl sites for hydroxylation is 1. The van der Waals surface area contributed by atoms with Gasteiger partial charge in [-0.15, -0.1) is 0 Å². The molecule has 2 rings (SSSR count). The second-order valence-corrected chi connectivity index (χ2v) is 5.23. The summed E-state index contributed by atoms with van der Waals surface area (Å²) in [5, 5.41) is 33.2. The number of carbonyl (C=O) groups excluding carboxylic acids is 1. The predicted octanol–water partition coefficient (Wildman–Crippen LogP) is 3.36. The Morgan fingerprint density at radius 2 is 1.77 bits per heavy atom. The Morgan fingerprint density at radius 1 is 1.12 bits per heavy atom. The van der Waals surface area contributed by atoms with Crippen LogP contribution in [-0.2, 0) is 4.79 Å². The molecule has 2 aromatic carbocycles. The second kappa shape index (κ2) is 7.67. The number of benzene rings is 2. The molecule has 9 nitrogen and oxygen atoms in total. The molecule has 2 aromatic rings. The van der Waals surface area contributed by atoms with Crippen molar-refractivity contribution in [3.8, 4) is 6.07 Å². The van der Waals surface area contributed by atoms with Gasteiger partial charge in [0.15, 0.2) is 0 Å². The Kier molecular flexibility index (Phi) is 5.40. The van der Waals surface area contributed by atoms with E-state index in [0.29, 0.717) is 16.8 Å². The van der Waals surface area contributed by atoms with E-state index in [1.165, 1.54) is 48.5 Å². The van der Waals surface area contributed by atoms with Gasteiger partial charge in [-0.1, -0.05) is 12.1 Å². The van der Waals surface area contributed by atoms with E-state index in [2.05, 4.69) is 5.32 Å². The van der Waals surface area contributed by atoms with Crippen LogP contribution in [0.2, 0.25) is 0 Å². The summed E-state index contributed by atoms with van der Waals surface area (Å²) in [7, 11) is 0. The fourth-order valence-corrected chi connectivity index (χ4v) is 2.13. The van der Waals surface area contributed by atoms with Crippen LogP contribution in [0.25, 0.3) is 6.08 Å². The SMILES string of the molecule is Cc1cc([N+](=O)[O-])ccc1NC(=O)/C(C#N)=C/c1cccc([N+](=O)[O-])c1. The summed E-state index contributed by atoms with van der Waals surface area (Å²) in [6.45, 7) is 1.58. The zero-order valence-corrected chi connectivity index (χ0v) is 13.5. The predicted molar refractivity (Wildman–Crippen MR) is 93.1 cm³/mol. The molecule has 130 valence electrons. The van der Waals surface area contributed by atoms with Crippen molar-refractivity contribution in [2.45, 2.75) is 6.92 Å². The van der Waals surface area contributed by atoms with E-state index in [0.717, 1.165) is 0 Å². The van der Waals surface area contributed by atoms with Gasteiger partial charge in [-0.05, 0) is 30.2 Å². The lowest BCUT2D eigenvalue weighted by molar-refractivity contribution is -0.385. The van der Waals surface area contributed by atoms with E-state index in [1.54, 1.807) is 13.0 Å². The average molecular weight is 352 g/mol. The highest BCUT2D eigenvalue weighted by Gasteiger charge is 2.14. The third-order valence-corrected chi connectivity index (χ3v) is 3.43. The van der Waals surface area contributed by atoms with Gasteiger partial charge in [0.1, 0.15) is 11.6 Å². The third-order valence-electron chi connectivity index (χ3n) is 3.43. The maximum atomic E-state index is 12.3. The molecule has 1 amide bonds. The summed E-state index contributed by atoms with van der Waals surface area (Å²) in [5.41, 5.74) is 0.561. The molecule has 26 heavy (non-hydrogen) atoms. The van der Waals surface area contributed by atoms with E-state index >= 15 is 0 Å². The topological polar surface area (TPSA) is 139 Å². The molecule has 0 fully saturated rings. The standard InChI is InChI=1S/C17H12N4O5/c1-11-7-15(21(25)26)5-6-16(11)19-17(22)13(10-18)8-12-3-2-4-14(9-12)20(23)24/h2-9H,1H3,(H,19,22)/b13-8+. The van der Waals surface area contributed by atoms with Crippen molar-refractivity contribution >= 4 is 29.0 Å². The Labute approximate surface area is 147 Å². The largest absolute Gasteiger partial charge is 0.321 e. The number of hydrogen-bond acceptors (Lipinski definition) is 6. The first-order valence-corrected chi connectivity index (χ1v) is 7.24. The molecule has 0 aliphatic heterocycles. The minimum atomic E-state index is -0.726. The molecule has 0 atom stereocenters. The number of anilines is 1. The lowest BCUT2D eigenvalue weighted by Crippen LogP contribution is -2.14. The van der Waals surface area contributed by atoms with Gasteiger partial charge in [0.2, 0.25) is 0 Å². The monoisotopic (exact) mass is 352 g/mol. The van der Waals surface area contributed by atoms with Crippen LogP contribution in [0.3, 0.4) is 0 Å². The molecular formula is C17H12N4O5. The normalized spacial score (nSPS) is 10.7. The molecular weight excluding hydrogens is 340 g/mol. The number of nitro benzene ring substituents is 2. The highest BCUT2D eigenvalue weighted by molar-refractivity contribution is 6.10. The molecule has 0 aromatic heterocycles. The summed E-state index contributed by atoms with van der Waals surface area (Å²) in [6.07, 6.45) is 1.23. The van der Waals surface area contributed by atoms with Crippen LogP contribution in [0, 0.1) is 38.5 Å². The maximum Gasteiger partial charge on any atom is 0.270 e. The average Bonchev–Trinajstić information content (AvgIpc) is 2.61. The molecule has 1 N–H and O–H groups in total. The fraction of sp³-hybridized carbons (Fsp3) is 0.0588. The number of non-ortho nitro benzene ring substituents is 2. The summed E-state index contributed by atoms with van der Waals surface area (Å²) >= 11 is 0.